The van der Waals surface area contributed by atoms with E-state index in [0.29, 0.717) is 24.4 Å². The third-order valence-electron chi connectivity index (χ3n) is 5.76. The molecule has 0 saturated heterocycles. The van der Waals surface area contributed by atoms with E-state index in [9.17, 15) is 4.79 Å². The fourth-order valence-electron chi connectivity index (χ4n) is 4.45. The van der Waals surface area contributed by atoms with Crippen molar-refractivity contribution in [1.82, 2.24) is 4.90 Å². The monoisotopic (exact) mass is 278 g/mol. The van der Waals surface area contributed by atoms with Crippen LogP contribution >= 0.6 is 0 Å². The molecule has 1 amide bonds. The third-order valence-corrected chi connectivity index (χ3v) is 5.76. The highest BCUT2D eigenvalue weighted by atomic mass is 16.2. The number of hydrogen-bond donors (Lipinski definition) is 1. The Kier molecular flexibility index (Phi) is 4.65. The van der Waals surface area contributed by atoms with E-state index >= 15 is 0 Å². The number of nitrogens with two attached hydrogens (primary N) is 1. The van der Waals surface area contributed by atoms with Gasteiger partial charge in [-0.25, -0.2) is 0 Å². The van der Waals surface area contributed by atoms with Crippen molar-refractivity contribution in [3.63, 3.8) is 0 Å². The van der Waals surface area contributed by atoms with Crippen LogP contribution < -0.4 is 5.73 Å². The molecule has 3 rings (SSSR count). The smallest absolute Gasteiger partial charge is 0.225 e. The van der Waals surface area contributed by atoms with E-state index in [-0.39, 0.29) is 0 Å². The van der Waals surface area contributed by atoms with Gasteiger partial charge in [0.25, 0.3) is 0 Å². The number of fused-ring (bicyclic) bond motifs is 1. The minimum atomic E-state index is 0.327. The lowest BCUT2D eigenvalue weighted by Crippen LogP contribution is -2.42. The predicted molar refractivity (Wildman–Crippen MR) is 81.2 cm³/mol. The molecule has 3 unspecified atom stereocenters. The van der Waals surface area contributed by atoms with Gasteiger partial charge in [0.05, 0.1) is 0 Å². The van der Waals surface area contributed by atoms with E-state index in [1.54, 1.807) is 0 Å². The van der Waals surface area contributed by atoms with Crippen LogP contribution in [0.5, 0.6) is 0 Å². The molecule has 0 radical (unpaired) electrons. The molecule has 3 saturated carbocycles. The molecule has 0 aromatic carbocycles. The summed E-state index contributed by atoms with van der Waals surface area (Å²) in [5.41, 5.74) is 5.63. The third kappa shape index (κ3) is 3.19. The van der Waals surface area contributed by atoms with E-state index in [1.807, 2.05) is 0 Å². The topological polar surface area (TPSA) is 46.3 Å². The zero-order valence-electron chi connectivity index (χ0n) is 12.7. The minimum Gasteiger partial charge on any atom is -0.339 e. The zero-order chi connectivity index (χ0) is 13.9. The Hall–Kier alpha value is -0.570. The SMILES string of the molecule is NCCCN(C(=O)C1CCC2CCCCC2C1)C1CC1. The van der Waals surface area contributed by atoms with Gasteiger partial charge in [-0.1, -0.05) is 25.7 Å². The normalized spacial score (nSPS) is 33.5. The molecule has 0 bridgehead atoms. The molecule has 0 spiro atoms. The lowest BCUT2D eigenvalue weighted by Gasteiger charge is -2.40. The molecule has 3 nitrogen and oxygen atoms in total. The quantitative estimate of drug-likeness (QED) is 0.840. The van der Waals surface area contributed by atoms with Crippen LogP contribution in [-0.2, 0) is 4.79 Å². The molecule has 0 heterocycles. The Bertz CT molecular complexity index is 340. The Labute approximate surface area is 123 Å². The van der Waals surface area contributed by atoms with E-state index < -0.39 is 0 Å². The molecule has 2 N–H and O–H groups in total. The second-order valence-electron chi connectivity index (χ2n) is 7.22. The van der Waals surface area contributed by atoms with Crippen LogP contribution in [0.15, 0.2) is 0 Å². The summed E-state index contributed by atoms with van der Waals surface area (Å²) in [7, 11) is 0. The van der Waals surface area contributed by atoms with Crippen molar-refractivity contribution in [2.45, 2.75) is 70.3 Å². The van der Waals surface area contributed by atoms with Crippen LogP contribution in [0.4, 0.5) is 0 Å². The standard InChI is InChI=1S/C17H30N2O/c18-10-3-11-19(16-8-9-16)17(20)15-7-6-13-4-1-2-5-14(13)12-15/h13-16H,1-12,18H2. The van der Waals surface area contributed by atoms with E-state index in [0.717, 1.165) is 31.2 Å². The van der Waals surface area contributed by atoms with Crippen LogP contribution in [0.2, 0.25) is 0 Å². The highest BCUT2D eigenvalue weighted by Gasteiger charge is 2.39. The van der Waals surface area contributed by atoms with Gasteiger partial charge in [0.15, 0.2) is 0 Å². The number of rotatable bonds is 5. The second-order valence-corrected chi connectivity index (χ2v) is 7.22. The van der Waals surface area contributed by atoms with Crippen molar-refractivity contribution in [3.05, 3.63) is 0 Å². The van der Waals surface area contributed by atoms with Gasteiger partial charge in [0.1, 0.15) is 0 Å². The summed E-state index contributed by atoms with van der Waals surface area (Å²) in [6, 6.07) is 0.554. The van der Waals surface area contributed by atoms with Crippen LogP contribution in [0.3, 0.4) is 0 Å². The summed E-state index contributed by atoms with van der Waals surface area (Å²) >= 11 is 0. The molecule has 3 heteroatoms. The number of carbonyl (C=O) groups is 1. The summed E-state index contributed by atoms with van der Waals surface area (Å²) < 4.78 is 0. The van der Waals surface area contributed by atoms with E-state index in [1.165, 1.54) is 51.4 Å². The number of nitrogens with zero attached hydrogens (tertiary/aromatic N) is 1. The predicted octanol–water partition coefficient (Wildman–Crippen LogP) is 2.93. The molecule has 3 aliphatic rings. The van der Waals surface area contributed by atoms with Crippen molar-refractivity contribution < 1.29 is 4.79 Å². The Balaban J connectivity index is 1.58. The average molecular weight is 278 g/mol. The fraction of sp³-hybridized carbons (Fsp3) is 0.941. The first-order chi connectivity index (χ1) is 9.79. The molecule has 3 atom stereocenters. The summed E-state index contributed by atoms with van der Waals surface area (Å²) in [6.07, 6.45) is 12.6. The highest BCUT2D eigenvalue weighted by molar-refractivity contribution is 5.79. The van der Waals surface area contributed by atoms with Crippen molar-refractivity contribution >= 4 is 5.91 Å². The minimum absolute atomic E-state index is 0.327. The first kappa shape index (κ1) is 14.4. The summed E-state index contributed by atoms with van der Waals surface area (Å²) in [4.78, 5) is 15.0. The van der Waals surface area contributed by atoms with Gasteiger partial charge in [-0.3, -0.25) is 4.79 Å². The van der Waals surface area contributed by atoms with Crippen LogP contribution in [0.1, 0.15) is 64.2 Å². The van der Waals surface area contributed by atoms with Gasteiger partial charge < -0.3 is 10.6 Å². The van der Waals surface area contributed by atoms with Gasteiger partial charge in [-0.05, 0) is 56.9 Å². The van der Waals surface area contributed by atoms with Gasteiger partial charge in [0.2, 0.25) is 5.91 Å². The van der Waals surface area contributed by atoms with Crippen molar-refractivity contribution in [3.8, 4) is 0 Å². The maximum absolute atomic E-state index is 12.8. The number of carbonyl (C=O) groups excluding carboxylic acids is 1. The van der Waals surface area contributed by atoms with Crippen molar-refractivity contribution in [2.75, 3.05) is 13.1 Å². The molecule has 3 fully saturated rings. The first-order valence-corrected chi connectivity index (χ1v) is 8.80. The molecule has 114 valence electrons. The number of amides is 1. The molecular weight excluding hydrogens is 248 g/mol. The van der Waals surface area contributed by atoms with Gasteiger partial charge in [-0.2, -0.15) is 0 Å². The molecule has 0 aromatic rings. The second kappa shape index (κ2) is 6.46. The fourth-order valence-corrected chi connectivity index (χ4v) is 4.45. The first-order valence-electron chi connectivity index (χ1n) is 8.80. The lowest BCUT2D eigenvalue weighted by molar-refractivity contribution is -0.138. The highest BCUT2D eigenvalue weighted by Crippen LogP contribution is 2.43. The van der Waals surface area contributed by atoms with Crippen LogP contribution in [-0.4, -0.2) is 29.9 Å². The molecule has 0 aromatic heterocycles. The maximum atomic E-state index is 12.8. The summed E-state index contributed by atoms with van der Waals surface area (Å²) in [5.74, 6) is 2.57. The Morgan fingerprint density at radius 2 is 1.75 bits per heavy atom. The largest absolute Gasteiger partial charge is 0.339 e. The summed E-state index contributed by atoms with van der Waals surface area (Å²) in [5, 5.41) is 0. The maximum Gasteiger partial charge on any atom is 0.225 e. The zero-order valence-corrected chi connectivity index (χ0v) is 12.7. The Morgan fingerprint density at radius 3 is 2.45 bits per heavy atom. The molecule has 0 aliphatic heterocycles. The lowest BCUT2D eigenvalue weighted by atomic mass is 9.67. The van der Waals surface area contributed by atoms with Crippen LogP contribution in [0.25, 0.3) is 0 Å². The van der Waals surface area contributed by atoms with Gasteiger partial charge in [-0.15, -0.1) is 0 Å². The van der Waals surface area contributed by atoms with E-state index in [4.69, 9.17) is 5.73 Å². The van der Waals surface area contributed by atoms with Crippen molar-refractivity contribution in [1.29, 1.82) is 0 Å². The number of hydrogen-bond acceptors (Lipinski definition) is 2. The average Bonchev–Trinajstić information content (AvgIpc) is 3.32. The Morgan fingerprint density at radius 1 is 1.00 bits per heavy atom. The van der Waals surface area contributed by atoms with Gasteiger partial charge >= 0.3 is 0 Å². The molecular formula is C17H30N2O. The van der Waals surface area contributed by atoms with Gasteiger partial charge in [0, 0.05) is 18.5 Å². The molecule has 20 heavy (non-hydrogen) atoms. The molecule has 3 aliphatic carbocycles. The van der Waals surface area contributed by atoms with Crippen LogP contribution in [0, 0.1) is 17.8 Å². The van der Waals surface area contributed by atoms with Crippen molar-refractivity contribution in [2.24, 2.45) is 23.5 Å². The summed E-state index contributed by atoms with van der Waals surface area (Å²) in [6.45, 7) is 1.59. The van der Waals surface area contributed by atoms with E-state index in [2.05, 4.69) is 4.90 Å².